The number of carbonyl (C=O) groups excluding carboxylic acids is 1. The smallest absolute Gasteiger partial charge is 0.146 e. The van der Waals surface area contributed by atoms with Gasteiger partial charge in [0.1, 0.15) is 5.78 Å². The summed E-state index contributed by atoms with van der Waals surface area (Å²) in [4.78, 5) is 12.7. The molecule has 19 heavy (non-hydrogen) atoms. The summed E-state index contributed by atoms with van der Waals surface area (Å²) >= 11 is 0. The number of nitrogens with zero attached hydrogens (tertiary/aromatic N) is 2. The molecule has 0 saturated carbocycles. The maximum atomic E-state index is 12.7. The lowest BCUT2D eigenvalue weighted by Gasteiger charge is -2.26. The van der Waals surface area contributed by atoms with Gasteiger partial charge in [0.05, 0.1) is 5.69 Å². The standard InChI is InChI=1S/C15H25N3O/c1-4-6-15(7-8-16-11-15)14(19)10-13-9-12(5-2)17-18(13)3/h9,16H,4-8,10-11H2,1-3H3. The Kier molecular flexibility index (Phi) is 4.40. The van der Waals surface area contributed by atoms with Crippen molar-refractivity contribution in [1.29, 1.82) is 0 Å². The molecule has 0 spiro atoms. The number of hydrogen-bond donors (Lipinski definition) is 1. The lowest BCUT2D eigenvalue weighted by molar-refractivity contribution is -0.127. The molecule has 2 rings (SSSR count). The van der Waals surface area contributed by atoms with E-state index >= 15 is 0 Å². The van der Waals surface area contributed by atoms with E-state index in [9.17, 15) is 4.79 Å². The van der Waals surface area contributed by atoms with E-state index in [2.05, 4.69) is 30.3 Å². The Bertz CT molecular complexity index is 444. The highest BCUT2D eigenvalue weighted by molar-refractivity contribution is 5.87. The highest BCUT2D eigenvalue weighted by Crippen LogP contribution is 2.33. The van der Waals surface area contributed by atoms with Crippen LogP contribution in [0.5, 0.6) is 0 Å². The lowest BCUT2D eigenvalue weighted by Crippen LogP contribution is -2.35. The zero-order chi connectivity index (χ0) is 13.9. The van der Waals surface area contributed by atoms with Crippen molar-refractivity contribution >= 4 is 5.78 Å². The van der Waals surface area contributed by atoms with Crippen molar-refractivity contribution in [1.82, 2.24) is 15.1 Å². The number of hydrogen-bond acceptors (Lipinski definition) is 3. The minimum Gasteiger partial charge on any atom is -0.316 e. The fourth-order valence-corrected chi connectivity index (χ4v) is 3.07. The van der Waals surface area contributed by atoms with Gasteiger partial charge in [-0.15, -0.1) is 0 Å². The van der Waals surface area contributed by atoms with Gasteiger partial charge >= 0.3 is 0 Å². The van der Waals surface area contributed by atoms with Crippen LogP contribution in [-0.2, 0) is 24.7 Å². The average Bonchev–Trinajstić information content (AvgIpc) is 2.99. The highest BCUT2D eigenvalue weighted by Gasteiger charge is 2.39. The molecule has 1 fully saturated rings. The fourth-order valence-electron chi connectivity index (χ4n) is 3.07. The van der Waals surface area contributed by atoms with Crippen molar-refractivity contribution in [2.45, 2.75) is 46.0 Å². The Morgan fingerprint density at radius 2 is 2.32 bits per heavy atom. The Morgan fingerprint density at radius 3 is 2.84 bits per heavy atom. The van der Waals surface area contributed by atoms with Gasteiger partial charge < -0.3 is 5.32 Å². The van der Waals surface area contributed by atoms with Gasteiger partial charge in [-0.2, -0.15) is 5.10 Å². The topological polar surface area (TPSA) is 46.9 Å². The average molecular weight is 263 g/mol. The molecule has 1 aliphatic heterocycles. The second kappa shape index (κ2) is 5.87. The van der Waals surface area contributed by atoms with Crippen molar-refractivity contribution in [2.75, 3.05) is 13.1 Å². The predicted octanol–water partition coefficient (Wildman–Crippen LogP) is 1.87. The molecule has 2 heterocycles. The van der Waals surface area contributed by atoms with Crippen LogP contribution in [0.4, 0.5) is 0 Å². The highest BCUT2D eigenvalue weighted by atomic mass is 16.1. The number of rotatable bonds is 6. The molecule has 0 aliphatic carbocycles. The van der Waals surface area contributed by atoms with Crippen LogP contribution < -0.4 is 5.32 Å². The van der Waals surface area contributed by atoms with Gasteiger partial charge in [0.25, 0.3) is 0 Å². The van der Waals surface area contributed by atoms with Crippen molar-refractivity contribution in [3.8, 4) is 0 Å². The van der Waals surface area contributed by atoms with Crippen LogP contribution in [0.25, 0.3) is 0 Å². The van der Waals surface area contributed by atoms with Crippen LogP contribution in [-0.4, -0.2) is 28.7 Å². The molecule has 1 unspecified atom stereocenters. The Balaban J connectivity index is 2.12. The third-order valence-electron chi connectivity index (χ3n) is 4.30. The zero-order valence-corrected chi connectivity index (χ0v) is 12.3. The summed E-state index contributed by atoms with van der Waals surface area (Å²) in [6.07, 6.45) is 4.49. The van der Waals surface area contributed by atoms with Gasteiger partial charge in [0.15, 0.2) is 0 Å². The summed E-state index contributed by atoms with van der Waals surface area (Å²) in [5, 5.41) is 7.78. The van der Waals surface area contributed by atoms with Gasteiger partial charge in [-0.1, -0.05) is 20.3 Å². The van der Waals surface area contributed by atoms with E-state index in [1.807, 2.05) is 11.7 Å². The summed E-state index contributed by atoms with van der Waals surface area (Å²) in [6, 6.07) is 2.07. The van der Waals surface area contributed by atoms with Crippen molar-refractivity contribution in [3.05, 3.63) is 17.5 Å². The van der Waals surface area contributed by atoms with E-state index < -0.39 is 0 Å². The molecule has 1 saturated heterocycles. The largest absolute Gasteiger partial charge is 0.316 e. The van der Waals surface area contributed by atoms with E-state index in [1.165, 1.54) is 0 Å². The molecule has 1 aromatic heterocycles. The molecule has 4 nitrogen and oxygen atoms in total. The summed E-state index contributed by atoms with van der Waals surface area (Å²) in [5.41, 5.74) is 1.98. The molecule has 4 heteroatoms. The molecule has 0 bridgehead atoms. The molecular formula is C15H25N3O. The van der Waals surface area contributed by atoms with E-state index in [-0.39, 0.29) is 5.41 Å². The predicted molar refractivity (Wildman–Crippen MR) is 76.1 cm³/mol. The third kappa shape index (κ3) is 2.89. The monoisotopic (exact) mass is 263 g/mol. The van der Waals surface area contributed by atoms with Crippen LogP contribution in [0.2, 0.25) is 0 Å². The Morgan fingerprint density at radius 1 is 1.53 bits per heavy atom. The number of carbonyl (C=O) groups is 1. The first-order valence-electron chi connectivity index (χ1n) is 7.37. The molecule has 0 amide bonds. The molecule has 106 valence electrons. The zero-order valence-electron chi connectivity index (χ0n) is 12.3. The minimum atomic E-state index is -0.134. The summed E-state index contributed by atoms with van der Waals surface area (Å²) < 4.78 is 1.86. The number of nitrogens with one attached hydrogen (secondary N) is 1. The summed E-state index contributed by atoms with van der Waals surface area (Å²) in [5.74, 6) is 0.380. The molecule has 1 aromatic rings. The van der Waals surface area contributed by atoms with Crippen LogP contribution in [0.3, 0.4) is 0 Å². The SMILES string of the molecule is CCCC1(C(=O)Cc2cc(CC)nn2C)CCNC1. The molecule has 1 N–H and O–H groups in total. The molecule has 0 aromatic carbocycles. The molecule has 1 aliphatic rings. The second-order valence-electron chi connectivity index (χ2n) is 5.66. The van der Waals surface area contributed by atoms with Gasteiger partial charge in [0, 0.05) is 31.1 Å². The van der Waals surface area contributed by atoms with E-state index in [1.54, 1.807) is 0 Å². The van der Waals surface area contributed by atoms with Gasteiger partial charge in [-0.25, -0.2) is 0 Å². The maximum absolute atomic E-state index is 12.7. The van der Waals surface area contributed by atoms with E-state index in [0.29, 0.717) is 12.2 Å². The van der Waals surface area contributed by atoms with Crippen molar-refractivity contribution in [2.24, 2.45) is 12.5 Å². The number of ketones is 1. The first-order chi connectivity index (χ1) is 9.11. The number of aromatic nitrogens is 2. The minimum absolute atomic E-state index is 0.134. The Hall–Kier alpha value is -1.16. The number of aryl methyl sites for hydroxylation is 2. The Labute approximate surface area is 115 Å². The third-order valence-corrected chi connectivity index (χ3v) is 4.30. The summed E-state index contributed by atoms with van der Waals surface area (Å²) in [6.45, 7) is 6.06. The van der Waals surface area contributed by atoms with E-state index in [4.69, 9.17) is 0 Å². The fraction of sp³-hybridized carbons (Fsp3) is 0.733. The maximum Gasteiger partial charge on any atom is 0.146 e. The van der Waals surface area contributed by atoms with Crippen LogP contribution in [0, 0.1) is 5.41 Å². The van der Waals surface area contributed by atoms with Crippen LogP contribution in [0.1, 0.15) is 44.5 Å². The van der Waals surface area contributed by atoms with Crippen molar-refractivity contribution < 1.29 is 4.79 Å². The number of Topliss-reactive ketones (excluding diaryl/α,β-unsaturated/α-hetero) is 1. The first kappa shape index (κ1) is 14.3. The van der Waals surface area contributed by atoms with Gasteiger partial charge in [0.2, 0.25) is 0 Å². The first-order valence-corrected chi connectivity index (χ1v) is 7.37. The van der Waals surface area contributed by atoms with E-state index in [0.717, 1.165) is 50.2 Å². The second-order valence-corrected chi connectivity index (χ2v) is 5.66. The molecule has 1 atom stereocenters. The van der Waals surface area contributed by atoms with Crippen molar-refractivity contribution in [3.63, 3.8) is 0 Å². The molecule has 0 radical (unpaired) electrons. The molecular weight excluding hydrogens is 238 g/mol. The van der Waals surface area contributed by atoms with Gasteiger partial charge in [-0.3, -0.25) is 9.48 Å². The van der Waals surface area contributed by atoms with Crippen LogP contribution in [0.15, 0.2) is 6.07 Å². The summed E-state index contributed by atoms with van der Waals surface area (Å²) in [7, 11) is 1.93. The quantitative estimate of drug-likeness (QED) is 0.852. The normalized spacial score (nSPS) is 22.9. The van der Waals surface area contributed by atoms with Gasteiger partial charge in [-0.05, 0) is 31.9 Å². The lowest BCUT2D eigenvalue weighted by atomic mass is 9.77. The van der Waals surface area contributed by atoms with Crippen LogP contribution >= 0.6 is 0 Å².